The zero-order chi connectivity index (χ0) is 12.5. The Bertz CT molecular complexity index is 472. The highest BCUT2D eigenvalue weighted by molar-refractivity contribution is 5.95. The molecular formula is C14H17NO3. The molecule has 0 aromatic heterocycles. The first kappa shape index (κ1) is 11.5. The molecular weight excluding hydrogens is 230 g/mol. The summed E-state index contributed by atoms with van der Waals surface area (Å²) in [4.78, 5) is 14.2. The fraction of sp³-hybridized carbons (Fsp3) is 0.500. The first-order valence-electron chi connectivity index (χ1n) is 6.47. The van der Waals surface area contributed by atoms with Crippen LogP contribution in [0.15, 0.2) is 18.2 Å². The molecule has 1 saturated heterocycles. The van der Waals surface area contributed by atoms with Gasteiger partial charge in [-0.15, -0.1) is 0 Å². The van der Waals surface area contributed by atoms with Gasteiger partial charge in [0.1, 0.15) is 5.75 Å². The molecule has 1 aromatic carbocycles. The number of rotatable bonds is 2. The van der Waals surface area contributed by atoms with Crippen molar-refractivity contribution in [1.29, 1.82) is 0 Å². The summed E-state index contributed by atoms with van der Waals surface area (Å²) in [5, 5.41) is 9.27. The fourth-order valence-electron chi connectivity index (χ4n) is 2.78. The van der Waals surface area contributed by atoms with Crippen molar-refractivity contribution in [3.05, 3.63) is 29.3 Å². The molecule has 4 heteroatoms. The van der Waals surface area contributed by atoms with Gasteiger partial charge in [-0.05, 0) is 36.6 Å². The Balaban J connectivity index is 1.84. The van der Waals surface area contributed by atoms with Crippen LogP contribution in [-0.4, -0.2) is 41.7 Å². The highest BCUT2D eigenvalue weighted by atomic mass is 16.5. The molecule has 4 nitrogen and oxygen atoms in total. The Labute approximate surface area is 106 Å². The van der Waals surface area contributed by atoms with Gasteiger partial charge in [0.25, 0.3) is 5.91 Å². The normalized spacial score (nSPS) is 21.8. The van der Waals surface area contributed by atoms with E-state index in [-0.39, 0.29) is 18.6 Å². The van der Waals surface area contributed by atoms with Crippen LogP contribution in [0.4, 0.5) is 0 Å². The van der Waals surface area contributed by atoms with E-state index in [9.17, 15) is 9.90 Å². The van der Waals surface area contributed by atoms with Crippen LogP contribution in [0.5, 0.6) is 5.75 Å². The third-order valence-corrected chi connectivity index (χ3v) is 3.79. The summed E-state index contributed by atoms with van der Waals surface area (Å²) in [6, 6.07) is 5.61. The molecule has 0 radical (unpaired) electrons. The molecule has 0 bridgehead atoms. The quantitative estimate of drug-likeness (QED) is 0.855. The maximum atomic E-state index is 12.4. The van der Waals surface area contributed by atoms with Crippen LogP contribution in [0.25, 0.3) is 0 Å². The summed E-state index contributed by atoms with van der Waals surface area (Å²) in [5.41, 5.74) is 1.82. The average molecular weight is 247 g/mol. The third-order valence-electron chi connectivity index (χ3n) is 3.79. The predicted molar refractivity (Wildman–Crippen MR) is 66.8 cm³/mol. The second-order valence-electron chi connectivity index (χ2n) is 4.90. The lowest BCUT2D eigenvalue weighted by Crippen LogP contribution is -2.37. The molecule has 2 aliphatic rings. The number of ether oxygens (including phenoxy) is 1. The van der Waals surface area contributed by atoms with Crippen molar-refractivity contribution in [1.82, 2.24) is 4.90 Å². The number of amides is 1. The first-order chi connectivity index (χ1) is 8.79. The zero-order valence-corrected chi connectivity index (χ0v) is 10.3. The van der Waals surface area contributed by atoms with Gasteiger partial charge in [0.15, 0.2) is 0 Å². The van der Waals surface area contributed by atoms with Crippen molar-refractivity contribution in [2.75, 3.05) is 19.8 Å². The Hall–Kier alpha value is -1.55. The molecule has 2 heterocycles. The molecule has 0 saturated carbocycles. The second-order valence-corrected chi connectivity index (χ2v) is 4.90. The summed E-state index contributed by atoms with van der Waals surface area (Å²) >= 11 is 0. The number of hydrogen-bond donors (Lipinski definition) is 1. The predicted octanol–water partition coefficient (Wildman–Crippen LogP) is 1.22. The number of fused-ring (bicyclic) bond motifs is 1. The van der Waals surface area contributed by atoms with Crippen LogP contribution in [0, 0.1) is 0 Å². The maximum absolute atomic E-state index is 12.4. The lowest BCUT2D eigenvalue weighted by molar-refractivity contribution is 0.0677. The highest BCUT2D eigenvalue weighted by Crippen LogP contribution is 2.27. The van der Waals surface area contributed by atoms with Crippen molar-refractivity contribution in [2.45, 2.75) is 25.3 Å². The number of hydrogen-bond acceptors (Lipinski definition) is 3. The van der Waals surface area contributed by atoms with Gasteiger partial charge in [-0.25, -0.2) is 0 Å². The minimum absolute atomic E-state index is 0.0120. The van der Waals surface area contributed by atoms with E-state index in [2.05, 4.69) is 0 Å². The fourth-order valence-corrected chi connectivity index (χ4v) is 2.78. The van der Waals surface area contributed by atoms with Crippen molar-refractivity contribution >= 4 is 5.91 Å². The van der Waals surface area contributed by atoms with Crippen molar-refractivity contribution in [3.63, 3.8) is 0 Å². The van der Waals surface area contributed by atoms with E-state index in [1.807, 2.05) is 18.2 Å². The average Bonchev–Trinajstić information content (AvgIpc) is 3.05. The molecule has 18 heavy (non-hydrogen) atoms. The lowest BCUT2D eigenvalue weighted by atomic mass is 10.1. The van der Waals surface area contributed by atoms with E-state index < -0.39 is 0 Å². The van der Waals surface area contributed by atoms with Gasteiger partial charge >= 0.3 is 0 Å². The Morgan fingerprint density at radius 3 is 3.22 bits per heavy atom. The number of nitrogens with zero attached hydrogens (tertiary/aromatic N) is 1. The van der Waals surface area contributed by atoms with Crippen molar-refractivity contribution in [2.24, 2.45) is 0 Å². The van der Waals surface area contributed by atoms with E-state index >= 15 is 0 Å². The van der Waals surface area contributed by atoms with Crippen LogP contribution in [0.1, 0.15) is 28.8 Å². The number of carbonyl (C=O) groups excluding carboxylic acids is 1. The van der Waals surface area contributed by atoms with Gasteiger partial charge in [-0.3, -0.25) is 4.79 Å². The number of aliphatic hydroxyl groups is 1. The molecule has 1 amide bonds. The second kappa shape index (κ2) is 4.61. The minimum Gasteiger partial charge on any atom is -0.493 e. The molecule has 1 fully saturated rings. The molecule has 96 valence electrons. The van der Waals surface area contributed by atoms with Crippen molar-refractivity contribution < 1.29 is 14.6 Å². The van der Waals surface area contributed by atoms with Gasteiger partial charge in [-0.2, -0.15) is 0 Å². The monoisotopic (exact) mass is 247 g/mol. The topological polar surface area (TPSA) is 49.8 Å². The molecule has 0 unspecified atom stereocenters. The number of benzene rings is 1. The maximum Gasteiger partial charge on any atom is 0.254 e. The van der Waals surface area contributed by atoms with Gasteiger partial charge in [0.2, 0.25) is 0 Å². The van der Waals surface area contributed by atoms with E-state index in [1.165, 1.54) is 0 Å². The number of aliphatic hydroxyl groups excluding tert-OH is 1. The largest absolute Gasteiger partial charge is 0.493 e. The summed E-state index contributed by atoms with van der Waals surface area (Å²) in [7, 11) is 0. The Morgan fingerprint density at radius 1 is 1.50 bits per heavy atom. The molecule has 2 aliphatic heterocycles. The van der Waals surface area contributed by atoms with Crippen molar-refractivity contribution in [3.8, 4) is 5.75 Å². The minimum atomic E-state index is -0.0120. The summed E-state index contributed by atoms with van der Waals surface area (Å²) < 4.78 is 5.44. The summed E-state index contributed by atoms with van der Waals surface area (Å²) in [5.74, 6) is 0.924. The standard InChI is InChI=1S/C14H17NO3/c16-9-12-2-1-6-15(12)14(17)11-3-4-13-10(8-11)5-7-18-13/h3-4,8,12,16H,1-2,5-7,9H2/t12-/m0/s1. The van der Waals surface area contributed by atoms with Crippen LogP contribution >= 0.6 is 0 Å². The van der Waals surface area contributed by atoms with Crippen LogP contribution in [0.2, 0.25) is 0 Å². The Kier molecular flexibility index (Phi) is 2.96. The summed E-state index contributed by atoms with van der Waals surface area (Å²) in [6.07, 6.45) is 2.75. The van der Waals surface area contributed by atoms with Crippen LogP contribution in [0.3, 0.4) is 0 Å². The molecule has 1 atom stereocenters. The summed E-state index contributed by atoms with van der Waals surface area (Å²) in [6.45, 7) is 1.51. The Morgan fingerprint density at radius 2 is 2.39 bits per heavy atom. The van der Waals surface area contributed by atoms with E-state index in [0.717, 1.165) is 37.1 Å². The first-order valence-corrected chi connectivity index (χ1v) is 6.47. The van der Waals surface area contributed by atoms with Gasteiger partial charge in [0, 0.05) is 18.5 Å². The highest BCUT2D eigenvalue weighted by Gasteiger charge is 2.29. The van der Waals surface area contributed by atoms with Gasteiger partial charge in [-0.1, -0.05) is 0 Å². The number of likely N-dealkylation sites (tertiary alicyclic amines) is 1. The van der Waals surface area contributed by atoms with Crippen LogP contribution in [-0.2, 0) is 6.42 Å². The van der Waals surface area contributed by atoms with E-state index in [0.29, 0.717) is 12.2 Å². The third kappa shape index (κ3) is 1.86. The van der Waals surface area contributed by atoms with Crippen LogP contribution < -0.4 is 4.74 Å². The molecule has 0 spiro atoms. The molecule has 3 rings (SSSR count). The SMILES string of the molecule is O=C(c1ccc2c(c1)CCO2)N1CCC[C@H]1CO. The molecule has 0 aliphatic carbocycles. The van der Waals surface area contributed by atoms with Gasteiger partial charge < -0.3 is 14.7 Å². The smallest absolute Gasteiger partial charge is 0.254 e. The zero-order valence-electron chi connectivity index (χ0n) is 10.3. The van der Waals surface area contributed by atoms with Gasteiger partial charge in [0.05, 0.1) is 19.3 Å². The van der Waals surface area contributed by atoms with E-state index in [1.54, 1.807) is 4.90 Å². The lowest BCUT2D eigenvalue weighted by Gasteiger charge is -2.23. The van der Waals surface area contributed by atoms with E-state index in [4.69, 9.17) is 4.74 Å². The molecule has 1 N–H and O–H groups in total. The molecule has 1 aromatic rings. The number of carbonyl (C=O) groups is 1.